The number of imide groups is 1. The molecule has 1 radical (unpaired) electrons. The summed E-state index contributed by atoms with van der Waals surface area (Å²) in [5.74, 6) is -0.720. The van der Waals surface area contributed by atoms with Crippen molar-refractivity contribution >= 4 is 34.3 Å². The van der Waals surface area contributed by atoms with Gasteiger partial charge in [0.05, 0.1) is 6.42 Å². The van der Waals surface area contributed by atoms with Gasteiger partial charge in [0.1, 0.15) is 5.00 Å². The summed E-state index contributed by atoms with van der Waals surface area (Å²) in [5.41, 5.74) is 7.50. The van der Waals surface area contributed by atoms with Crippen LogP contribution in [0.25, 0.3) is 0 Å². The van der Waals surface area contributed by atoms with Gasteiger partial charge < -0.3 is 5.32 Å². The van der Waals surface area contributed by atoms with Crippen LogP contribution >= 0.6 is 11.3 Å². The smallest absolute Gasteiger partial charge is 0.330 e. The molecular weight excluding hydrogens is 256 g/mol. The highest BCUT2D eigenvalue weighted by Gasteiger charge is 2.26. The molecule has 1 aliphatic heterocycles. The molecule has 3 N–H and O–H groups in total. The fraction of sp³-hybridized carbons (Fsp3) is 0.300. The number of carbonyl (C=O) groups excluding carboxylic acids is 3. The number of anilines is 1. The van der Waals surface area contributed by atoms with E-state index in [-0.39, 0.29) is 6.42 Å². The molecule has 1 fully saturated rings. The second-order valence-electron chi connectivity index (χ2n) is 3.69. The number of nitrogens with one attached hydrogen (secondary N) is 3. The van der Waals surface area contributed by atoms with Crippen LogP contribution in [0.5, 0.6) is 0 Å². The Hall–Kier alpha value is -2.09. The Labute approximate surface area is 107 Å². The van der Waals surface area contributed by atoms with Gasteiger partial charge in [-0.1, -0.05) is 0 Å². The molecule has 8 heteroatoms. The van der Waals surface area contributed by atoms with Gasteiger partial charge in [0.25, 0.3) is 0 Å². The van der Waals surface area contributed by atoms with Crippen molar-refractivity contribution in [3.63, 3.8) is 0 Å². The highest BCUT2D eigenvalue weighted by molar-refractivity contribution is 7.14. The van der Waals surface area contributed by atoms with Gasteiger partial charge in [-0.05, 0) is 17.0 Å². The van der Waals surface area contributed by atoms with E-state index in [2.05, 4.69) is 10.6 Å². The van der Waals surface area contributed by atoms with E-state index in [1.54, 1.807) is 11.4 Å². The summed E-state index contributed by atoms with van der Waals surface area (Å²) in [6.45, 7) is 0.761. The standard InChI is InChI=1S/C10H11N4O3S/c11-7(15)5-6-1-4-18-8(6)13-10(17)14-3-2-12-9(14)16/h1,4,11H,2-3,5H2,(H,12,16)(H,13,17). The zero-order chi connectivity index (χ0) is 13.1. The first kappa shape index (κ1) is 12.4. The van der Waals surface area contributed by atoms with Crippen LogP contribution in [0.3, 0.4) is 0 Å². The van der Waals surface area contributed by atoms with Crippen molar-refractivity contribution in [3.8, 4) is 0 Å². The molecule has 1 aliphatic rings. The lowest BCUT2D eigenvalue weighted by Gasteiger charge is -2.13. The average Bonchev–Trinajstić information content (AvgIpc) is 2.88. The zero-order valence-electron chi connectivity index (χ0n) is 9.36. The minimum atomic E-state index is -0.720. The lowest BCUT2D eigenvalue weighted by Crippen LogP contribution is -2.37. The Morgan fingerprint density at radius 2 is 2.33 bits per heavy atom. The molecule has 0 atom stereocenters. The number of carbonyl (C=O) groups is 3. The highest BCUT2D eigenvalue weighted by atomic mass is 32.1. The summed E-state index contributed by atoms with van der Waals surface area (Å²) in [4.78, 5) is 34.9. The number of hydrogen-bond acceptors (Lipinski definition) is 4. The largest absolute Gasteiger partial charge is 0.336 e. The lowest BCUT2D eigenvalue weighted by molar-refractivity contribution is -0.118. The zero-order valence-corrected chi connectivity index (χ0v) is 10.2. The number of urea groups is 2. The first-order valence-electron chi connectivity index (χ1n) is 5.25. The number of amides is 5. The third-order valence-corrected chi connectivity index (χ3v) is 3.29. The van der Waals surface area contributed by atoms with Crippen molar-refractivity contribution in [2.45, 2.75) is 6.42 Å². The molecule has 7 nitrogen and oxygen atoms in total. The van der Waals surface area contributed by atoms with Crippen molar-refractivity contribution in [1.29, 1.82) is 0 Å². The van der Waals surface area contributed by atoms with Crippen molar-refractivity contribution < 1.29 is 14.4 Å². The van der Waals surface area contributed by atoms with Crippen molar-refractivity contribution in [2.24, 2.45) is 0 Å². The SMILES string of the molecule is [NH]C(=O)Cc1ccsc1NC(=O)N1CCNC1=O. The molecule has 0 spiro atoms. The molecule has 5 amide bonds. The fourth-order valence-corrected chi connectivity index (χ4v) is 2.39. The Morgan fingerprint density at radius 3 is 2.94 bits per heavy atom. The van der Waals surface area contributed by atoms with Crippen LogP contribution in [0, 0.1) is 0 Å². The minimum Gasteiger partial charge on any atom is -0.336 e. The second kappa shape index (κ2) is 5.05. The van der Waals surface area contributed by atoms with Gasteiger partial charge in [0.15, 0.2) is 0 Å². The summed E-state index contributed by atoms with van der Waals surface area (Å²) >= 11 is 1.25. The molecule has 0 aromatic carbocycles. The lowest BCUT2D eigenvalue weighted by atomic mass is 10.2. The number of hydrogen-bond donors (Lipinski definition) is 2. The van der Waals surface area contributed by atoms with E-state index in [0.717, 1.165) is 4.90 Å². The van der Waals surface area contributed by atoms with Gasteiger partial charge in [0.2, 0.25) is 5.91 Å². The first-order chi connectivity index (χ1) is 8.58. The summed E-state index contributed by atoms with van der Waals surface area (Å²) in [5, 5.41) is 7.32. The fourth-order valence-electron chi connectivity index (χ4n) is 1.59. The van der Waals surface area contributed by atoms with Crippen LogP contribution in [0.1, 0.15) is 5.56 Å². The number of nitrogens with zero attached hydrogens (tertiary/aromatic N) is 1. The third-order valence-electron chi connectivity index (χ3n) is 2.42. The Bertz CT molecular complexity index is 499. The average molecular weight is 267 g/mol. The van der Waals surface area contributed by atoms with Crippen LogP contribution < -0.4 is 16.4 Å². The molecule has 1 aromatic heterocycles. The molecule has 0 aliphatic carbocycles. The van der Waals surface area contributed by atoms with E-state index >= 15 is 0 Å². The summed E-state index contributed by atoms with van der Waals surface area (Å²) < 4.78 is 0. The van der Waals surface area contributed by atoms with E-state index in [9.17, 15) is 14.4 Å². The Kier molecular flexibility index (Phi) is 3.47. The quantitative estimate of drug-likeness (QED) is 0.840. The number of thiophene rings is 1. The molecule has 0 saturated carbocycles. The van der Waals surface area contributed by atoms with Gasteiger partial charge in [-0.25, -0.2) is 14.5 Å². The number of rotatable bonds is 3. The van der Waals surface area contributed by atoms with Gasteiger partial charge in [-0.2, -0.15) is 0 Å². The maximum Gasteiger partial charge on any atom is 0.330 e. The van der Waals surface area contributed by atoms with E-state index in [1.807, 2.05) is 0 Å². The Balaban J connectivity index is 2.05. The first-order valence-corrected chi connectivity index (χ1v) is 6.13. The van der Waals surface area contributed by atoms with Gasteiger partial charge >= 0.3 is 12.1 Å². The molecule has 18 heavy (non-hydrogen) atoms. The molecule has 0 unspecified atom stereocenters. The Morgan fingerprint density at radius 1 is 1.56 bits per heavy atom. The summed E-state index contributed by atoms with van der Waals surface area (Å²) in [6, 6.07) is 0.727. The predicted octanol–water partition coefficient (Wildman–Crippen LogP) is 0.657. The van der Waals surface area contributed by atoms with E-state index in [0.29, 0.717) is 23.7 Å². The summed E-state index contributed by atoms with van der Waals surface area (Å²) in [6.07, 6.45) is -0.0503. The van der Waals surface area contributed by atoms with Crippen molar-refractivity contribution in [3.05, 3.63) is 17.0 Å². The molecule has 2 rings (SSSR count). The molecular formula is C10H11N4O3S. The van der Waals surface area contributed by atoms with Crippen LogP contribution in [-0.2, 0) is 11.2 Å². The second-order valence-corrected chi connectivity index (χ2v) is 4.60. The van der Waals surface area contributed by atoms with E-state index in [1.165, 1.54) is 11.3 Å². The van der Waals surface area contributed by atoms with Crippen LogP contribution in [-0.4, -0.2) is 36.0 Å². The maximum atomic E-state index is 11.8. The molecule has 1 aromatic rings. The highest BCUT2D eigenvalue weighted by Crippen LogP contribution is 2.24. The molecule has 95 valence electrons. The molecule has 2 heterocycles. The van der Waals surface area contributed by atoms with Gasteiger partial charge in [0, 0.05) is 13.1 Å². The van der Waals surface area contributed by atoms with Gasteiger partial charge in [-0.15, -0.1) is 11.3 Å². The van der Waals surface area contributed by atoms with Crippen LogP contribution in [0.2, 0.25) is 0 Å². The normalized spacial score (nSPS) is 14.4. The third kappa shape index (κ3) is 2.59. The molecule has 1 saturated heterocycles. The van der Waals surface area contributed by atoms with Crippen molar-refractivity contribution in [1.82, 2.24) is 16.0 Å². The van der Waals surface area contributed by atoms with E-state index < -0.39 is 18.0 Å². The van der Waals surface area contributed by atoms with Crippen molar-refractivity contribution in [2.75, 3.05) is 18.4 Å². The van der Waals surface area contributed by atoms with E-state index in [4.69, 9.17) is 5.73 Å². The van der Waals surface area contributed by atoms with Crippen LogP contribution in [0.15, 0.2) is 11.4 Å². The predicted molar refractivity (Wildman–Crippen MR) is 65.3 cm³/mol. The van der Waals surface area contributed by atoms with Gasteiger partial charge in [-0.3, -0.25) is 15.8 Å². The topological polar surface area (TPSA) is 102 Å². The minimum absolute atomic E-state index is 0.0503. The monoisotopic (exact) mass is 267 g/mol. The van der Waals surface area contributed by atoms with Crippen LogP contribution in [0.4, 0.5) is 14.6 Å². The maximum absolute atomic E-state index is 11.8. The molecule has 0 bridgehead atoms. The summed E-state index contributed by atoms with van der Waals surface area (Å²) in [7, 11) is 0.